The maximum atomic E-state index is 13.5. The molecule has 2 rings (SSSR count). The molecule has 116 valence electrons. The normalized spacial score (nSPS) is 19.7. The third-order valence-corrected chi connectivity index (χ3v) is 3.70. The van der Waals surface area contributed by atoms with Crippen LogP contribution in [-0.4, -0.2) is 22.5 Å². The van der Waals surface area contributed by atoms with Crippen LogP contribution in [0.15, 0.2) is 16.7 Å². The molecule has 0 aliphatic heterocycles. The molecule has 7 heteroatoms. The lowest BCUT2D eigenvalue weighted by atomic mass is 9.63. The molecule has 0 aromatic carbocycles. The zero-order valence-corrected chi connectivity index (χ0v) is 13.6. The lowest BCUT2D eigenvalue weighted by Gasteiger charge is -2.45. The van der Waals surface area contributed by atoms with Crippen LogP contribution in [0, 0.1) is 0 Å². The molecule has 1 aliphatic rings. The number of alkyl halides is 2. The number of carbonyl (C=O) groups excluding carboxylic acids is 1. The van der Waals surface area contributed by atoms with Crippen molar-refractivity contribution in [1.82, 2.24) is 4.98 Å². The Morgan fingerprint density at radius 3 is 2.43 bits per heavy atom. The van der Waals surface area contributed by atoms with Gasteiger partial charge < -0.3 is 10.5 Å². The fourth-order valence-electron chi connectivity index (χ4n) is 2.44. The summed E-state index contributed by atoms with van der Waals surface area (Å²) >= 11 is 3.17. The minimum Gasteiger partial charge on any atom is -0.459 e. The molecule has 0 unspecified atom stereocenters. The van der Waals surface area contributed by atoms with Crippen molar-refractivity contribution in [2.45, 2.75) is 50.6 Å². The van der Waals surface area contributed by atoms with Crippen molar-refractivity contribution in [3.63, 3.8) is 0 Å². The lowest BCUT2D eigenvalue weighted by molar-refractivity contribution is -0.190. The van der Waals surface area contributed by atoms with Crippen LogP contribution in [0.25, 0.3) is 0 Å². The Morgan fingerprint density at radius 1 is 1.38 bits per heavy atom. The van der Waals surface area contributed by atoms with Gasteiger partial charge in [-0.25, -0.2) is 13.8 Å². The van der Waals surface area contributed by atoms with Crippen LogP contribution in [0.3, 0.4) is 0 Å². The van der Waals surface area contributed by atoms with Crippen molar-refractivity contribution in [3.8, 4) is 0 Å². The third kappa shape index (κ3) is 3.17. The Kier molecular flexibility index (Phi) is 3.76. The number of anilines is 1. The molecule has 0 saturated heterocycles. The predicted molar refractivity (Wildman–Crippen MR) is 78.1 cm³/mol. The molecular formula is C14H17BrF2N2O2. The van der Waals surface area contributed by atoms with Crippen LogP contribution < -0.4 is 5.73 Å². The highest BCUT2D eigenvalue weighted by molar-refractivity contribution is 9.10. The van der Waals surface area contributed by atoms with Crippen molar-refractivity contribution in [2.75, 3.05) is 5.73 Å². The molecule has 0 radical (unpaired) electrons. The number of rotatable bonds is 2. The number of esters is 1. The van der Waals surface area contributed by atoms with E-state index in [4.69, 9.17) is 10.5 Å². The van der Waals surface area contributed by atoms with Gasteiger partial charge in [-0.2, -0.15) is 0 Å². The third-order valence-electron chi connectivity index (χ3n) is 3.26. The summed E-state index contributed by atoms with van der Waals surface area (Å²) in [7, 11) is 0. The Bertz CT molecular complexity index is 577. The van der Waals surface area contributed by atoms with Gasteiger partial charge in [-0.1, -0.05) is 0 Å². The number of halogens is 3. The van der Waals surface area contributed by atoms with E-state index in [0.29, 0.717) is 4.60 Å². The standard InChI is InChI=1S/C14H17BrF2N2O2/c1-12(2,3)21-11(20)13(6-14(16,17)7-13)10-8(18)4-5-9(15)19-10/h4-5H,6-7,18H2,1-3H3. The topological polar surface area (TPSA) is 65.2 Å². The fraction of sp³-hybridized carbons (Fsp3) is 0.571. The second-order valence-electron chi connectivity index (χ2n) is 6.37. The molecule has 1 heterocycles. The van der Waals surface area contributed by atoms with E-state index in [9.17, 15) is 13.6 Å². The van der Waals surface area contributed by atoms with Crippen molar-refractivity contribution < 1.29 is 18.3 Å². The molecule has 1 fully saturated rings. The SMILES string of the molecule is CC(C)(C)OC(=O)C1(c2nc(Br)ccc2N)CC(F)(F)C1. The van der Waals surface area contributed by atoms with E-state index in [1.807, 2.05) is 0 Å². The van der Waals surface area contributed by atoms with Gasteiger partial charge in [0.1, 0.15) is 15.6 Å². The maximum Gasteiger partial charge on any atom is 0.319 e. The van der Waals surface area contributed by atoms with E-state index in [2.05, 4.69) is 20.9 Å². The molecule has 0 atom stereocenters. The van der Waals surface area contributed by atoms with Gasteiger partial charge in [0.15, 0.2) is 0 Å². The molecule has 1 aliphatic carbocycles. The van der Waals surface area contributed by atoms with Gasteiger partial charge >= 0.3 is 5.97 Å². The van der Waals surface area contributed by atoms with Gasteiger partial charge in [0.2, 0.25) is 0 Å². The van der Waals surface area contributed by atoms with Gasteiger partial charge in [0, 0.05) is 12.8 Å². The first-order valence-electron chi connectivity index (χ1n) is 6.49. The zero-order valence-electron chi connectivity index (χ0n) is 12.0. The summed E-state index contributed by atoms with van der Waals surface area (Å²) in [5, 5.41) is 0. The Labute approximate surface area is 130 Å². The quantitative estimate of drug-likeness (QED) is 0.646. The van der Waals surface area contributed by atoms with E-state index >= 15 is 0 Å². The zero-order chi connectivity index (χ0) is 16.1. The van der Waals surface area contributed by atoms with Crippen molar-refractivity contribution in [1.29, 1.82) is 0 Å². The Morgan fingerprint density at radius 2 is 1.95 bits per heavy atom. The largest absolute Gasteiger partial charge is 0.459 e. The average molecular weight is 363 g/mol. The summed E-state index contributed by atoms with van der Waals surface area (Å²) in [4.78, 5) is 16.6. The monoisotopic (exact) mass is 362 g/mol. The van der Waals surface area contributed by atoms with Crippen LogP contribution in [0.2, 0.25) is 0 Å². The average Bonchev–Trinajstić information content (AvgIpc) is 2.26. The first kappa shape index (κ1) is 16.1. The molecule has 0 bridgehead atoms. The Balaban J connectivity index is 2.44. The van der Waals surface area contributed by atoms with E-state index in [-0.39, 0.29) is 11.4 Å². The van der Waals surface area contributed by atoms with Crippen LogP contribution in [0.4, 0.5) is 14.5 Å². The number of ether oxygens (including phenoxy) is 1. The van der Waals surface area contributed by atoms with Crippen LogP contribution in [-0.2, 0) is 14.9 Å². The van der Waals surface area contributed by atoms with Gasteiger partial charge in [-0.05, 0) is 48.8 Å². The second-order valence-corrected chi connectivity index (χ2v) is 7.18. The van der Waals surface area contributed by atoms with Crippen molar-refractivity contribution in [3.05, 3.63) is 22.4 Å². The van der Waals surface area contributed by atoms with Crippen molar-refractivity contribution >= 4 is 27.6 Å². The van der Waals surface area contributed by atoms with Gasteiger partial charge in [-0.3, -0.25) is 4.79 Å². The highest BCUT2D eigenvalue weighted by atomic mass is 79.9. The molecule has 2 N–H and O–H groups in total. The number of nitrogen functional groups attached to an aromatic ring is 1. The number of hydrogen-bond donors (Lipinski definition) is 1. The molecule has 1 saturated carbocycles. The second kappa shape index (κ2) is 4.90. The molecular weight excluding hydrogens is 346 g/mol. The Hall–Kier alpha value is -1.24. The predicted octanol–water partition coefficient (Wildman–Crippen LogP) is 3.43. The van der Waals surface area contributed by atoms with Gasteiger partial charge in [-0.15, -0.1) is 0 Å². The molecule has 0 amide bonds. The summed E-state index contributed by atoms with van der Waals surface area (Å²) in [6, 6.07) is 3.13. The minimum atomic E-state index is -2.91. The summed E-state index contributed by atoms with van der Waals surface area (Å²) in [5.74, 6) is -3.62. The molecule has 4 nitrogen and oxygen atoms in total. The van der Waals surface area contributed by atoms with Crippen LogP contribution in [0.1, 0.15) is 39.3 Å². The fourth-order valence-corrected chi connectivity index (χ4v) is 2.75. The highest BCUT2D eigenvalue weighted by Gasteiger charge is 2.64. The number of nitrogens with zero attached hydrogens (tertiary/aromatic N) is 1. The van der Waals surface area contributed by atoms with Gasteiger partial charge in [0.25, 0.3) is 5.92 Å². The lowest BCUT2D eigenvalue weighted by Crippen LogP contribution is -2.57. The summed E-state index contributed by atoms with van der Waals surface area (Å²) in [6.07, 6.45) is -1.27. The number of aromatic nitrogens is 1. The van der Waals surface area contributed by atoms with E-state index < -0.39 is 35.7 Å². The molecule has 1 aromatic heterocycles. The molecule has 0 spiro atoms. The highest BCUT2D eigenvalue weighted by Crippen LogP contribution is 2.55. The number of nitrogens with two attached hydrogens (primary N) is 1. The molecule has 21 heavy (non-hydrogen) atoms. The van der Waals surface area contributed by atoms with Crippen molar-refractivity contribution in [2.24, 2.45) is 0 Å². The first-order valence-corrected chi connectivity index (χ1v) is 7.28. The number of hydrogen-bond acceptors (Lipinski definition) is 4. The van der Waals surface area contributed by atoms with Crippen LogP contribution >= 0.6 is 15.9 Å². The van der Waals surface area contributed by atoms with E-state index in [1.54, 1.807) is 26.8 Å². The number of pyridine rings is 1. The first-order chi connectivity index (χ1) is 9.45. The van der Waals surface area contributed by atoms with Gasteiger partial charge in [0.05, 0.1) is 11.4 Å². The minimum absolute atomic E-state index is 0.150. The smallest absolute Gasteiger partial charge is 0.319 e. The summed E-state index contributed by atoms with van der Waals surface area (Å²) < 4.78 is 32.7. The summed E-state index contributed by atoms with van der Waals surface area (Å²) in [6.45, 7) is 5.06. The maximum absolute atomic E-state index is 13.5. The van der Waals surface area contributed by atoms with E-state index in [0.717, 1.165) is 0 Å². The van der Waals surface area contributed by atoms with E-state index in [1.165, 1.54) is 6.07 Å². The molecule has 1 aromatic rings. The summed E-state index contributed by atoms with van der Waals surface area (Å²) in [5.41, 5.74) is 3.95. The number of carbonyl (C=O) groups is 1. The van der Waals surface area contributed by atoms with Crippen LogP contribution in [0.5, 0.6) is 0 Å².